The summed E-state index contributed by atoms with van der Waals surface area (Å²) >= 11 is 12.3. The molecule has 4 heteroatoms. The Hall–Kier alpha value is -1.61. The molecule has 0 amide bonds. The highest BCUT2D eigenvalue weighted by Crippen LogP contribution is 2.32. The summed E-state index contributed by atoms with van der Waals surface area (Å²) in [6.07, 6.45) is 0.898. The zero-order valence-electron chi connectivity index (χ0n) is 11.3. The second kappa shape index (κ2) is 5.64. The number of halogens is 2. The number of aromatic nitrogens is 1. The molecule has 1 heterocycles. The molecule has 0 saturated carbocycles. The minimum atomic E-state index is -0.794. The average molecular weight is 318 g/mol. The van der Waals surface area contributed by atoms with E-state index in [0.717, 1.165) is 22.1 Å². The van der Waals surface area contributed by atoms with Gasteiger partial charge in [-0.05, 0) is 42.3 Å². The first-order valence-corrected chi connectivity index (χ1v) is 7.31. The van der Waals surface area contributed by atoms with Gasteiger partial charge in [-0.25, -0.2) is 0 Å². The Morgan fingerprint density at radius 2 is 1.86 bits per heavy atom. The monoisotopic (exact) mass is 317 g/mol. The molecule has 106 valence electrons. The van der Waals surface area contributed by atoms with Gasteiger partial charge in [-0.2, -0.15) is 0 Å². The number of nitrogens with zero attached hydrogens (tertiary/aromatic N) is 1. The number of aliphatic hydroxyl groups is 1. The SMILES string of the molecule is Cc1ccc(C(O)c2ccc(Cl)c3cccnc23)cc1Cl. The fraction of sp³-hybridized carbons (Fsp3) is 0.118. The topological polar surface area (TPSA) is 33.1 Å². The van der Waals surface area contributed by atoms with Crippen molar-refractivity contribution in [3.8, 4) is 0 Å². The van der Waals surface area contributed by atoms with Crippen molar-refractivity contribution in [2.24, 2.45) is 0 Å². The van der Waals surface area contributed by atoms with Gasteiger partial charge >= 0.3 is 0 Å². The van der Waals surface area contributed by atoms with Crippen molar-refractivity contribution in [2.75, 3.05) is 0 Å². The quantitative estimate of drug-likeness (QED) is 0.726. The molecule has 0 aliphatic heterocycles. The molecule has 0 fully saturated rings. The molecule has 2 nitrogen and oxygen atoms in total. The zero-order chi connectivity index (χ0) is 15.0. The molecule has 1 aromatic heterocycles. The molecule has 0 bridgehead atoms. The van der Waals surface area contributed by atoms with E-state index in [1.165, 1.54) is 0 Å². The van der Waals surface area contributed by atoms with E-state index in [2.05, 4.69) is 4.98 Å². The molecule has 2 aromatic carbocycles. The third-order valence-corrected chi connectivity index (χ3v) is 4.29. The fourth-order valence-corrected chi connectivity index (χ4v) is 2.74. The minimum Gasteiger partial charge on any atom is -0.384 e. The first-order valence-electron chi connectivity index (χ1n) is 6.55. The van der Waals surface area contributed by atoms with Crippen LogP contribution >= 0.6 is 23.2 Å². The summed E-state index contributed by atoms with van der Waals surface area (Å²) in [5.74, 6) is 0. The molecular formula is C17H13Cl2NO. The van der Waals surface area contributed by atoms with Crippen LogP contribution in [-0.2, 0) is 0 Å². The molecular weight excluding hydrogens is 305 g/mol. The Balaban J connectivity index is 2.15. The van der Waals surface area contributed by atoms with Crippen LogP contribution in [0.15, 0.2) is 48.7 Å². The summed E-state index contributed by atoms with van der Waals surface area (Å²) in [5, 5.41) is 12.7. The van der Waals surface area contributed by atoms with Crippen LogP contribution in [0.2, 0.25) is 10.0 Å². The van der Waals surface area contributed by atoms with E-state index in [1.54, 1.807) is 24.4 Å². The van der Waals surface area contributed by atoms with Crippen LogP contribution < -0.4 is 0 Å². The first kappa shape index (κ1) is 14.3. The van der Waals surface area contributed by atoms with Gasteiger partial charge in [-0.15, -0.1) is 0 Å². The maximum absolute atomic E-state index is 10.7. The highest BCUT2D eigenvalue weighted by atomic mass is 35.5. The number of benzene rings is 2. The molecule has 21 heavy (non-hydrogen) atoms. The predicted octanol–water partition coefficient (Wildman–Crippen LogP) is 4.93. The van der Waals surface area contributed by atoms with Gasteiger partial charge < -0.3 is 5.11 Å². The van der Waals surface area contributed by atoms with Gasteiger partial charge in [0.15, 0.2) is 0 Å². The third-order valence-electron chi connectivity index (χ3n) is 3.55. The Labute approximate surface area is 133 Å². The van der Waals surface area contributed by atoms with E-state index in [4.69, 9.17) is 23.2 Å². The van der Waals surface area contributed by atoms with E-state index in [9.17, 15) is 5.11 Å². The minimum absolute atomic E-state index is 0.621. The summed E-state index contributed by atoms with van der Waals surface area (Å²) in [5.41, 5.74) is 3.13. The summed E-state index contributed by atoms with van der Waals surface area (Å²) in [6.45, 7) is 1.93. The van der Waals surface area contributed by atoms with Gasteiger partial charge in [0.25, 0.3) is 0 Å². The van der Waals surface area contributed by atoms with Gasteiger partial charge in [-0.3, -0.25) is 4.98 Å². The molecule has 0 aliphatic rings. The number of pyridine rings is 1. The van der Waals surface area contributed by atoms with Crippen molar-refractivity contribution in [3.63, 3.8) is 0 Å². The van der Waals surface area contributed by atoms with Crippen molar-refractivity contribution in [3.05, 3.63) is 75.4 Å². The Kier molecular flexibility index (Phi) is 3.85. The lowest BCUT2D eigenvalue weighted by Crippen LogP contribution is -2.02. The smallest absolute Gasteiger partial charge is 0.106 e. The lowest BCUT2D eigenvalue weighted by molar-refractivity contribution is 0.221. The van der Waals surface area contributed by atoms with Crippen molar-refractivity contribution in [1.82, 2.24) is 4.98 Å². The molecule has 3 aromatic rings. The Bertz CT molecular complexity index is 817. The van der Waals surface area contributed by atoms with Gasteiger partial charge in [-0.1, -0.05) is 41.4 Å². The van der Waals surface area contributed by atoms with Gasteiger partial charge in [0.05, 0.1) is 5.52 Å². The number of rotatable bonds is 2. The molecule has 0 aliphatic carbocycles. The summed E-state index contributed by atoms with van der Waals surface area (Å²) in [4.78, 5) is 4.35. The second-order valence-corrected chi connectivity index (χ2v) is 5.76. The summed E-state index contributed by atoms with van der Waals surface area (Å²) in [6, 6.07) is 12.8. The maximum Gasteiger partial charge on any atom is 0.106 e. The van der Waals surface area contributed by atoms with E-state index >= 15 is 0 Å². The van der Waals surface area contributed by atoms with E-state index in [-0.39, 0.29) is 0 Å². The normalized spacial score (nSPS) is 12.6. The van der Waals surface area contributed by atoms with Crippen LogP contribution in [0.4, 0.5) is 0 Å². The van der Waals surface area contributed by atoms with Gasteiger partial charge in [0, 0.05) is 27.2 Å². The van der Waals surface area contributed by atoms with Crippen LogP contribution in [0.5, 0.6) is 0 Å². The van der Waals surface area contributed by atoms with E-state index < -0.39 is 6.10 Å². The van der Waals surface area contributed by atoms with Crippen molar-refractivity contribution in [2.45, 2.75) is 13.0 Å². The van der Waals surface area contributed by atoms with Crippen molar-refractivity contribution >= 4 is 34.1 Å². The lowest BCUT2D eigenvalue weighted by atomic mass is 9.98. The van der Waals surface area contributed by atoms with Crippen molar-refractivity contribution < 1.29 is 5.11 Å². The summed E-state index contributed by atoms with van der Waals surface area (Å²) in [7, 11) is 0. The molecule has 1 atom stereocenters. The molecule has 1 N–H and O–H groups in total. The number of hydrogen-bond acceptors (Lipinski definition) is 2. The molecule has 0 saturated heterocycles. The number of fused-ring (bicyclic) bond motifs is 1. The van der Waals surface area contributed by atoms with E-state index in [0.29, 0.717) is 15.6 Å². The number of aryl methyl sites for hydroxylation is 1. The predicted molar refractivity (Wildman–Crippen MR) is 87.0 cm³/mol. The molecule has 0 spiro atoms. The number of hydrogen-bond donors (Lipinski definition) is 1. The number of aliphatic hydroxyl groups excluding tert-OH is 1. The largest absolute Gasteiger partial charge is 0.384 e. The van der Waals surface area contributed by atoms with Gasteiger partial charge in [0.1, 0.15) is 6.10 Å². The highest BCUT2D eigenvalue weighted by Gasteiger charge is 2.16. The standard InChI is InChI=1S/C17H13Cl2NO/c1-10-4-5-11(9-15(10)19)17(21)13-6-7-14(18)12-3-2-8-20-16(12)13/h2-9,17,21H,1H3. The Morgan fingerprint density at radius 1 is 1.05 bits per heavy atom. The maximum atomic E-state index is 10.7. The molecule has 0 radical (unpaired) electrons. The third kappa shape index (κ3) is 2.62. The van der Waals surface area contributed by atoms with Crippen LogP contribution in [-0.4, -0.2) is 10.1 Å². The van der Waals surface area contributed by atoms with Crippen LogP contribution in [0.3, 0.4) is 0 Å². The molecule has 3 rings (SSSR count). The summed E-state index contributed by atoms with van der Waals surface area (Å²) < 4.78 is 0. The fourth-order valence-electron chi connectivity index (χ4n) is 2.34. The lowest BCUT2D eigenvalue weighted by Gasteiger charge is -2.15. The van der Waals surface area contributed by atoms with Crippen LogP contribution in [0.1, 0.15) is 22.8 Å². The Morgan fingerprint density at radius 3 is 2.62 bits per heavy atom. The first-order chi connectivity index (χ1) is 10.1. The van der Waals surface area contributed by atoms with Crippen molar-refractivity contribution in [1.29, 1.82) is 0 Å². The second-order valence-electron chi connectivity index (χ2n) is 4.95. The van der Waals surface area contributed by atoms with E-state index in [1.807, 2.05) is 31.2 Å². The van der Waals surface area contributed by atoms with Crippen LogP contribution in [0, 0.1) is 6.92 Å². The van der Waals surface area contributed by atoms with Crippen LogP contribution in [0.25, 0.3) is 10.9 Å². The average Bonchev–Trinajstić information content (AvgIpc) is 2.50. The highest BCUT2D eigenvalue weighted by molar-refractivity contribution is 6.35. The molecule has 1 unspecified atom stereocenters. The zero-order valence-corrected chi connectivity index (χ0v) is 12.9. The van der Waals surface area contributed by atoms with Gasteiger partial charge in [0.2, 0.25) is 0 Å².